The van der Waals surface area contributed by atoms with Gasteiger partial charge in [-0.15, -0.1) is 11.8 Å². The summed E-state index contributed by atoms with van der Waals surface area (Å²) in [6, 6.07) is 7.65. The van der Waals surface area contributed by atoms with Gasteiger partial charge >= 0.3 is 5.97 Å². The molecule has 1 aliphatic rings. The quantitative estimate of drug-likeness (QED) is 0.940. The van der Waals surface area contributed by atoms with Crippen LogP contribution in [-0.2, 0) is 4.74 Å². The number of carbonyl (C=O) groups is 1. The summed E-state index contributed by atoms with van der Waals surface area (Å²) < 4.78 is 5.57. The first-order valence-electron chi connectivity index (χ1n) is 6.56. The van der Waals surface area contributed by atoms with Crippen LogP contribution in [0.5, 0.6) is 0 Å². The van der Waals surface area contributed by atoms with E-state index in [-0.39, 0.29) is 11.7 Å². The normalized spacial score (nSPS) is 22.2. The molecular formula is C15H15NO3S. The van der Waals surface area contributed by atoms with Gasteiger partial charge in [0.25, 0.3) is 0 Å². The number of benzene rings is 1. The molecule has 2 heterocycles. The van der Waals surface area contributed by atoms with Gasteiger partial charge in [-0.25, -0.2) is 4.79 Å². The highest BCUT2D eigenvalue weighted by atomic mass is 32.2. The van der Waals surface area contributed by atoms with Crippen LogP contribution in [0.4, 0.5) is 0 Å². The van der Waals surface area contributed by atoms with Gasteiger partial charge < -0.3 is 9.84 Å². The number of thioether (sulfide) groups is 1. The van der Waals surface area contributed by atoms with E-state index >= 15 is 0 Å². The van der Waals surface area contributed by atoms with E-state index in [4.69, 9.17) is 4.74 Å². The van der Waals surface area contributed by atoms with Gasteiger partial charge in [0.2, 0.25) is 0 Å². The minimum atomic E-state index is -0.933. The Kier molecular flexibility index (Phi) is 3.63. The lowest BCUT2D eigenvalue weighted by Crippen LogP contribution is -2.14. The fourth-order valence-corrected chi connectivity index (χ4v) is 3.77. The smallest absolute Gasteiger partial charge is 0.338 e. The number of hydrogen-bond acceptors (Lipinski definition) is 4. The third kappa shape index (κ3) is 2.39. The Hall–Kier alpha value is -1.59. The van der Waals surface area contributed by atoms with Crippen LogP contribution in [0.2, 0.25) is 0 Å². The molecule has 1 fully saturated rings. The minimum Gasteiger partial charge on any atom is -0.478 e. The van der Waals surface area contributed by atoms with Crippen LogP contribution in [-0.4, -0.2) is 34.0 Å². The van der Waals surface area contributed by atoms with Gasteiger partial charge in [-0.2, -0.15) is 0 Å². The molecule has 104 valence electrons. The van der Waals surface area contributed by atoms with E-state index in [2.05, 4.69) is 4.98 Å². The lowest BCUT2D eigenvalue weighted by atomic mass is 10.1. The van der Waals surface area contributed by atoms with Crippen molar-refractivity contribution < 1.29 is 14.6 Å². The van der Waals surface area contributed by atoms with Crippen molar-refractivity contribution in [2.24, 2.45) is 0 Å². The second kappa shape index (κ2) is 5.42. The Bertz CT molecular complexity index is 659. The molecule has 0 amide bonds. The van der Waals surface area contributed by atoms with E-state index in [0.29, 0.717) is 5.25 Å². The summed E-state index contributed by atoms with van der Waals surface area (Å²) in [6.45, 7) is 2.78. The van der Waals surface area contributed by atoms with Gasteiger partial charge in [0.05, 0.1) is 17.2 Å². The molecule has 1 saturated heterocycles. The topological polar surface area (TPSA) is 59.4 Å². The molecule has 4 nitrogen and oxygen atoms in total. The molecule has 5 heteroatoms. The van der Waals surface area contributed by atoms with Crippen molar-refractivity contribution in [3.8, 4) is 0 Å². The first kappa shape index (κ1) is 13.4. The molecule has 3 rings (SSSR count). The summed E-state index contributed by atoms with van der Waals surface area (Å²) in [6.07, 6.45) is 2.54. The molecule has 0 bridgehead atoms. The fraction of sp³-hybridized carbons (Fsp3) is 0.333. The van der Waals surface area contributed by atoms with Crippen molar-refractivity contribution >= 4 is 28.6 Å². The molecular weight excluding hydrogens is 274 g/mol. The monoisotopic (exact) mass is 289 g/mol. The number of carboxylic acids is 1. The largest absolute Gasteiger partial charge is 0.478 e. The zero-order valence-electron chi connectivity index (χ0n) is 11.1. The second-order valence-corrected chi connectivity index (χ2v) is 6.09. The second-order valence-electron chi connectivity index (χ2n) is 4.84. The molecule has 2 aromatic rings. The average Bonchev–Trinajstić information content (AvgIpc) is 2.84. The molecule has 0 saturated carbocycles. The molecule has 0 spiro atoms. The Labute approximate surface area is 121 Å². The van der Waals surface area contributed by atoms with Crippen LogP contribution >= 0.6 is 11.8 Å². The third-order valence-corrected chi connectivity index (χ3v) is 5.13. The summed E-state index contributed by atoms with van der Waals surface area (Å²) in [5.41, 5.74) is 1.10. The molecule has 2 atom stereocenters. The van der Waals surface area contributed by atoms with Crippen molar-refractivity contribution in [2.45, 2.75) is 29.6 Å². The number of nitrogens with zero attached hydrogens (tertiary/aromatic N) is 1. The first-order chi connectivity index (χ1) is 9.66. The highest BCUT2D eigenvalue weighted by Crippen LogP contribution is 2.38. The Morgan fingerprint density at radius 2 is 2.25 bits per heavy atom. The summed E-state index contributed by atoms with van der Waals surface area (Å²) in [7, 11) is 0. The number of fused-ring (bicyclic) bond motifs is 1. The number of aromatic nitrogens is 1. The summed E-state index contributed by atoms with van der Waals surface area (Å²) >= 11 is 1.60. The van der Waals surface area contributed by atoms with Crippen LogP contribution in [0, 0.1) is 0 Å². The lowest BCUT2D eigenvalue weighted by molar-refractivity contribution is 0.0693. The molecule has 2 unspecified atom stereocenters. The number of rotatable bonds is 3. The third-order valence-electron chi connectivity index (χ3n) is 3.53. The SMILES string of the molecule is CC1OCCC1Sc1c(C(=O)O)cnc2ccccc12. The van der Waals surface area contributed by atoms with Gasteiger partial charge in [0.1, 0.15) is 0 Å². The lowest BCUT2D eigenvalue weighted by Gasteiger charge is -2.16. The number of hydrogen-bond donors (Lipinski definition) is 1. The highest BCUT2D eigenvalue weighted by molar-refractivity contribution is 8.00. The van der Waals surface area contributed by atoms with Gasteiger partial charge in [-0.05, 0) is 19.4 Å². The molecule has 0 radical (unpaired) electrons. The maximum atomic E-state index is 11.4. The van der Waals surface area contributed by atoms with Crippen LogP contribution in [0.3, 0.4) is 0 Å². The predicted octanol–water partition coefficient (Wildman–Crippen LogP) is 3.20. The van der Waals surface area contributed by atoms with Crippen molar-refractivity contribution in [3.05, 3.63) is 36.0 Å². The molecule has 1 aliphatic heterocycles. The summed E-state index contributed by atoms with van der Waals surface area (Å²) in [5, 5.41) is 10.6. The van der Waals surface area contributed by atoms with Crippen molar-refractivity contribution in [3.63, 3.8) is 0 Å². The molecule has 1 aromatic carbocycles. The minimum absolute atomic E-state index is 0.147. The maximum Gasteiger partial charge on any atom is 0.338 e. The van der Waals surface area contributed by atoms with E-state index in [0.717, 1.165) is 28.8 Å². The van der Waals surface area contributed by atoms with E-state index in [9.17, 15) is 9.90 Å². The maximum absolute atomic E-state index is 11.4. The number of carboxylic acid groups (broad SMARTS) is 1. The van der Waals surface area contributed by atoms with Gasteiger partial charge in [-0.3, -0.25) is 4.98 Å². The number of para-hydroxylation sites is 1. The predicted molar refractivity (Wildman–Crippen MR) is 78.4 cm³/mol. The Morgan fingerprint density at radius 1 is 1.45 bits per heavy atom. The summed E-state index contributed by atoms with van der Waals surface area (Å²) in [5.74, 6) is -0.933. The standard InChI is InChI=1S/C15H15NO3S/c1-9-13(6-7-19-9)20-14-10-4-2-3-5-12(10)16-8-11(14)15(17)18/h2-5,8-9,13H,6-7H2,1H3,(H,17,18). The number of ether oxygens (including phenoxy) is 1. The zero-order valence-corrected chi connectivity index (χ0v) is 11.9. The first-order valence-corrected chi connectivity index (χ1v) is 7.44. The van der Waals surface area contributed by atoms with Crippen molar-refractivity contribution in [1.82, 2.24) is 4.98 Å². The van der Waals surface area contributed by atoms with E-state index in [1.165, 1.54) is 6.20 Å². The van der Waals surface area contributed by atoms with Crippen LogP contribution in [0.15, 0.2) is 35.4 Å². The zero-order chi connectivity index (χ0) is 14.1. The average molecular weight is 289 g/mol. The number of pyridine rings is 1. The fourth-order valence-electron chi connectivity index (χ4n) is 2.41. The van der Waals surface area contributed by atoms with Crippen molar-refractivity contribution in [1.29, 1.82) is 0 Å². The Morgan fingerprint density at radius 3 is 2.95 bits per heavy atom. The van der Waals surface area contributed by atoms with Crippen molar-refractivity contribution in [2.75, 3.05) is 6.61 Å². The highest BCUT2D eigenvalue weighted by Gasteiger charge is 2.27. The van der Waals surface area contributed by atoms with E-state index in [1.54, 1.807) is 11.8 Å². The molecule has 0 aliphatic carbocycles. The molecule has 1 aromatic heterocycles. The van der Waals surface area contributed by atoms with Crippen LogP contribution in [0.1, 0.15) is 23.7 Å². The number of aromatic carboxylic acids is 1. The molecule has 1 N–H and O–H groups in total. The van der Waals surface area contributed by atoms with Crippen LogP contribution < -0.4 is 0 Å². The van der Waals surface area contributed by atoms with Crippen LogP contribution in [0.25, 0.3) is 10.9 Å². The van der Waals surface area contributed by atoms with E-state index < -0.39 is 5.97 Å². The van der Waals surface area contributed by atoms with Gasteiger partial charge in [0.15, 0.2) is 0 Å². The van der Waals surface area contributed by atoms with Gasteiger partial charge in [-0.1, -0.05) is 18.2 Å². The van der Waals surface area contributed by atoms with Gasteiger partial charge in [0, 0.05) is 28.3 Å². The Balaban J connectivity index is 2.09. The van der Waals surface area contributed by atoms with E-state index in [1.807, 2.05) is 31.2 Å². The summed E-state index contributed by atoms with van der Waals surface area (Å²) in [4.78, 5) is 16.5. The molecule has 20 heavy (non-hydrogen) atoms.